The predicted octanol–water partition coefficient (Wildman–Crippen LogP) is 3.73. The molecule has 0 fully saturated rings. The summed E-state index contributed by atoms with van der Waals surface area (Å²) in [5.74, 6) is -0.521. The normalized spacial score (nSPS) is 11.8. The number of carbonyl (C=O) groups excluding carboxylic acids is 2. The minimum Gasteiger partial charge on any atom is -0.464 e. The van der Waals surface area contributed by atoms with Crippen LogP contribution in [0.5, 0.6) is 0 Å². The van der Waals surface area contributed by atoms with Gasteiger partial charge in [-0.25, -0.2) is 4.79 Å². The van der Waals surface area contributed by atoms with Crippen LogP contribution >= 0.6 is 0 Å². The standard InChI is InChI=1S/C20H31NO3/c1-5-7-13-24-20(23)19(21-16(4)22)10-8-9-17-12-11-15(3)18(6-2)14-17/h11-12,14,19H,5-10,13H2,1-4H3,(H,21,22)/t19-/m0/s1. The first kappa shape index (κ1) is 20.2. The van der Waals surface area contributed by atoms with Gasteiger partial charge in [-0.15, -0.1) is 0 Å². The monoisotopic (exact) mass is 333 g/mol. The SMILES string of the molecule is CCCCOC(=O)[C@H](CCCc1ccc(C)c(CC)c1)NC(C)=O. The molecule has 0 aliphatic carbocycles. The summed E-state index contributed by atoms with van der Waals surface area (Å²) >= 11 is 0. The third-order valence-corrected chi connectivity index (χ3v) is 4.16. The fraction of sp³-hybridized carbons (Fsp3) is 0.600. The third kappa shape index (κ3) is 7.16. The lowest BCUT2D eigenvalue weighted by Crippen LogP contribution is -2.40. The van der Waals surface area contributed by atoms with Crippen molar-refractivity contribution in [1.29, 1.82) is 0 Å². The van der Waals surface area contributed by atoms with Crippen molar-refractivity contribution < 1.29 is 14.3 Å². The highest BCUT2D eigenvalue weighted by molar-refractivity contribution is 5.83. The molecule has 0 aliphatic heterocycles. The molecular weight excluding hydrogens is 302 g/mol. The number of esters is 1. The average molecular weight is 333 g/mol. The maximum Gasteiger partial charge on any atom is 0.328 e. The number of ether oxygens (including phenoxy) is 1. The molecule has 1 rings (SSSR count). The quantitative estimate of drug-likeness (QED) is 0.524. The molecule has 1 N–H and O–H groups in total. The first-order chi connectivity index (χ1) is 11.5. The molecule has 0 heterocycles. The maximum atomic E-state index is 12.1. The Morgan fingerprint density at radius 1 is 1.21 bits per heavy atom. The molecule has 1 atom stereocenters. The van der Waals surface area contributed by atoms with Gasteiger partial charge in [-0.2, -0.15) is 0 Å². The van der Waals surface area contributed by atoms with E-state index in [-0.39, 0.29) is 11.9 Å². The Hall–Kier alpha value is -1.84. The van der Waals surface area contributed by atoms with E-state index in [4.69, 9.17) is 4.74 Å². The second-order valence-electron chi connectivity index (χ2n) is 6.28. The Labute approximate surface area is 146 Å². The van der Waals surface area contributed by atoms with Crippen LogP contribution in [0.3, 0.4) is 0 Å². The lowest BCUT2D eigenvalue weighted by Gasteiger charge is -2.17. The van der Waals surface area contributed by atoms with Crippen LogP contribution in [0, 0.1) is 6.92 Å². The van der Waals surface area contributed by atoms with E-state index in [1.165, 1.54) is 23.6 Å². The molecule has 4 heteroatoms. The van der Waals surface area contributed by atoms with Crippen LogP contribution in [0.2, 0.25) is 0 Å². The van der Waals surface area contributed by atoms with Gasteiger partial charge < -0.3 is 10.1 Å². The molecule has 0 bridgehead atoms. The Morgan fingerprint density at radius 3 is 2.58 bits per heavy atom. The number of nitrogens with one attached hydrogen (secondary N) is 1. The molecular formula is C20H31NO3. The summed E-state index contributed by atoms with van der Waals surface area (Å²) in [4.78, 5) is 23.4. The Balaban J connectivity index is 2.55. The number of benzene rings is 1. The van der Waals surface area contributed by atoms with Crippen LogP contribution in [-0.4, -0.2) is 24.5 Å². The lowest BCUT2D eigenvalue weighted by molar-refractivity contribution is -0.148. The summed E-state index contributed by atoms with van der Waals surface area (Å²) in [5, 5.41) is 2.71. The summed E-state index contributed by atoms with van der Waals surface area (Å²) in [6, 6.07) is 5.98. The minimum absolute atomic E-state index is 0.198. The molecule has 1 aromatic rings. The van der Waals surface area contributed by atoms with E-state index in [9.17, 15) is 9.59 Å². The van der Waals surface area contributed by atoms with Gasteiger partial charge in [0.1, 0.15) is 6.04 Å². The Morgan fingerprint density at radius 2 is 1.96 bits per heavy atom. The zero-order valence-corrected chi connectivity index (χ0v) is 15.5. The van der Waals surface area contributed by atoms with E-state index >= 15 is 0 Å². The third-order valence-electron chi connectivity index (χ3n) is 4.16. The van der Waals surface area contributed by atoms with Crippen molar-refractivity contribution in [3.63, 3.8) is 0 Å². The number of unbranched alkanes of at least 4 members (excludes halogenated alkanes) is 1. The first-order valence-corrected chi connectivity index (χ1v) is 9.00. The van der Waals surface area contributed by atoms with Crippen LogP contribution in [-0.2, 0) is 27.2 Å². The zero-order chi connectivity index (χ0) is 17.9. The number of rotatable bonds is 10. The van der Waals surface area contributed by atoms with E-state index in [0.29, 0.717) is 13.0 Å². The van der Waals surface area contributed by atoms with Crippen molar-refractivity contribution in [3.8, 4) is 0 Å². The fourth-order valence-corrected chi connectivity index (χ4v) is 2.68. The number of carbonyl (C=O) groups is 2. The average Bonchev–Trinajstić information content (AvgIpc) is 2.55. The van der Waals surface area contributed by atoms with Gasteiger partial charge in [-0.1, -0.05) is 38.5 Å². The largest absolute Gasteiger partial charge is 0.464 e. The number of aryl methyl sites for hydroxylation is 3. The highest BCUT2D eigenvalue weighted by Crippen LogP contribution is 2.15. The van der Waals surface area contributed by atoms with Gasteiger partial charge in [-0.3, -0.25) is 4.79 Å². The molecule has 0 saturated carbocycles. The number of hydrogen-bond acceptors (Lipinski definition) is 3. The summed E-state index contributed by atoms with van der Waals surface area (Å²) in [6.07, 6.45) is 5.18. The molecule has 0 aromatic heterocycles. The first-order valence-electron chi connectivity index (χ1n) is 9.00. The van der Waals surface area contributed by atoms with Crippen molar-refractivity contribution in [3.05, 3.63) is 34.9 Å². The second kappa shape index (κ2) is 10.8. The van der Waals surface area contributed by atoms with Crippen LogP contribution in [0.4, 0.5) is 0 Å². The molecule has 0 unspecified atom stereocenters. The van der Waals surface area contributed by atoms with E-state index in [2.05, 4.69) is 37.4 Å². The van der Waals surface area contributed by atoms with Crippen LogP contribution < -0.4 is 5.32 Å². The van der Waals surface area contributed by atoms with Gasteiger partial charge in [0.2, 0.25) is 5.91 Å². The Kier molecular flexibility index (Phi) is 9.13. The minimum atomic E-state index is -0.546. The van der Waals surface area contributed by atoms with E-state index in [0.717, 1.165) is 32.1 Å². The van der Waals surface area contributed by atoms with Crippen LogP contribution in [0.1, 0.15) is 63.1 Å². The van der Waals surface area contributed by atoms with Crippen molar-refractivity contribution in [2.75, 3.05) is 6.61 Å². The second-order valence-corrected chi connectivity index (χ2v) is 6.28. The predicted molar refractivity (Wildman–Crippen MR) is 97.0 cm³/mol. The molecule has 0 radical (unpaired) electrons. The molecule has 4 nitrogen and oxygen atoms in total. The smallest absolute Gasteiger partial charge is 0.328 e. The van der Waals surface area contributed by atoms with Crippen molar-refractivity contribution in [2.24, 2.45) is 0 Å². The summed E-state index contributed by atoms with van der Waals surface area (Å²) in [5.41, 5.74) is 3.96. The van der Waals surface area contributed by atoms with E-state index in [1.54, 1.807) is 0 Å². The van der Waals surface area contributed by atoms with Gasteiger partial charge in [-0.05, 0) is 55.7 Å². The zero-order valence-electron chi connectivity index (χ0n) is 15.5. The molecule has 1 aromatic carbocycles. The van der Waals surface area contributed by atoms with E-state index in [1.807, 2.05) is 6.92 Å². The van der Waals surface area contributed by atoms with Crippen molar-refractivity contribution in [2.45, 2.75) is 72.3 Å². The summed E-state index contributed by atoms with van der Waals surface area (Å²) < 4.78 is 5.25. The summed E-state index contributed by atoms with van der Waals surface area (Å²) in [6.45, 7) is 8.18. The van der Waals surface area contributed by atoms with Gasteiger partial charge >= 0.3 is 5.97 Å². The van der Waals surface area contributed by atoms with Crippen LogP contribution in [0.25, 0.3) is 0 Å². The molecule has 1 amide bonds. The topological polar surface area (TPSA) is 55.4 Å². The molecule has 24 heavy (non-hydrogen) atoms. The maximum absolute atomic E-state index is 12.1. The molecule has 0 aliphatic rings. The number of hydrogen-bond donors (Lipinski definition) is 1. The van der Waals surface area contributed by atoms with Gasteiger partial charge in [0.05, 0.1) is 6.61 Å². The molecule has 134 valence electrons. The highest BCUT2D eigenvalue weighted by Gasteiger charge is 2.20. The highest BCUT2D eigenvalue weighted by atomic mass is 16.5. The van der Waals surface area contributed by atoms with Gasteiger partial charge in [0.15, 0.2) is 0 Å². The fourth-order valence-electron chi connectivity index (χ4n) is 2.68. The van der Waals surface area contributed by atoms with Gasteiger partial charge in [0.25, 0.3) is 0 Å². The molecule has 0 saturated heterocycles. The molecule has 0 spiro atoms. The Bertz CT molecular complexity index is 540. The van der Waals surface area contributed by atoms with Crippen molar-refractivity contribution >= 4 is 11.9 Å². The van der Waals surface area contributed by atoms with Crippen LogP contribution in [0.15, 0.2) is 18.2 Å². The summed E-state index contributed by atoms with van der Waals surface area (Å²) in [7, 11) is 0. The lowest BCUT2D eigenvalue weighted by atomic mass is 9.99. The number of amides is 1. The van der Waals surface area contributed by atoms with E-state index < -0.39 is 6.04 Å². The van der Waals surface area contributed by atoms with Crippen molar-refractivity contribution in [1.82, 2.24) is 5.32 Å². The van der Waals surface area contributed by atoms with Gasteiger partial charge in [0, 0.05) is 6.92 Å².